The Bertz CT molecular complexity index is 206. The average Bonchev–Trinajstić information content (AvgIpc) is 1.87. The van der Waals surface area contributed by atoms with Crippen molar-refractivity contribution in [1.29, 1.82) is 0 Å². The molecule has 0 saturated carbocycles. The van der Waals surface area contributed by atoms with Gasteiger partial charge in [0.05, 0.1) is 6.04 Å². The van der Waals surface area contributed by atoms with Crippen molar-refractivity contribution in [3.05, 3.63) is 0 Å². The number of carbonyl (C=O) groups is 2. The smallest absolute Gasteiger partial charge is 0.261 e. The number of amides is 2. The molecule has 0 aromatic rings. The van der Waals surface area contributed by atoms with Crippen LogP contribution < -0.4 is 0 Å². The van der Waals surface area contributed by atoms with Crippen LogP contribution in [0.25, 0.3) is 0 Å². The van der Waals surface area contributed by atoms with E-state index in [9.17, 15) is 9.59 Å². The van der Waals surface area contributed by atoms with E-state index < -0.39 is 6.10 Å². The van der Waals surface area contributed by atoms with Crippen LogP contribution in [0.4, 0.5) is 0 Å². The lowest BCUT2D eigenvalue weighted by atomic mass is 10.0. The number of hydrogen-bond acceptors (Lipinski definition) is 3. The van der Waals surface area contributed by atoms with E-state index in [0.717, 1.165) is 0 Å². The summed E-state index contributed by atoms with van der Waals surface area (Å²) in [6.07, 6.45) is -0.455. The van der Waals surface area contributed by atoms with Crippen molar-refractivity contribution in [2.75, 3.05) is 0 Å². The van der Waals surface area contributed by atoms with Gasteiger partial charge < -0.3 is 4.52 Å². The average molecular weight is 175 g/mol. The van der Waals surface area contributed by atoms with E-state index in [-0.39, 0.29) is 17.9 Å². The van der Waals surface area contributed by atoms with E-state index in [0.29, 0.717) is 0 Å². The molecule has 0 bridgehead atoms. The summed E-state index contributed by atoms with van der Waals surface area (Å²) in [5.74, 6) is -0.471. The van der Waals surface area contributed by atoms with Gasteiger partial charge in [0.2, 0.25) is 5.91 Å². The number of imide groups is 1. The normalized spacial score (nSPS) is 30.1. The van der Waals surface area contributed by atoms with Gasteiger partial charge >= 0.3 is 0 Å². The number of β-lactam (4-membered cyclic amide) rings is 1. The van der Waals surface area contributed by atoms with E-state index in [1.54, 1.807) is 6.92 Å². The van der Waals surface area contributed by atoms with Crippen molar-refractivity contribution in [2.45, 2.75) is 26.0 Å². The topological polar surface area (TPSA) is 46.6 Å². The molecule has 4 nitrogen and oxygen atoms in total. The fourth-order valence-electron chi connectivity index (χ4n) is 1.21. The van der Waals surface area contributed by atoms with Crippen LogP contribution in [0.1, 0.15) is 13.8 Å². The molecule has 0 aromatic heterocycles. The summed E-state index contributed by atoms with van der Waals surface area (Å²) in [4.78, 5) is 23.0. The molecule has 1 rings (SSSR count). The summed E-state index contributed by atoms with van der Waals surface area (Å²) in [5, 5.41) is 0. The first-order valence-corrected chi connectivity index (χ1v) is 3.76. The second-order valence-corrected chi connectivity index (χ2v) is 2.80. The van der Waals surface area contributed by atoms with Crippen molar-refractivity contribution in [3.8, 4) is 0 Å². The Morgan fingerprint density at radius 3 is 2.55 bits per heavy atom. The van der Waals surface area contributed by atoms with Crippen molar-refractivity contribution < 1.29 is 14.1 Å². The molecule has 0 spiro atoms. The molecule has 0 N–H and O–H groups in total. The molecule has 1 saturated heterocycles. The van der Waals surface area contributed by atoms with E-state index in [1.807, 2.05) is 9.47 Å². The first-order chi connectivity index (χ1) is 5.09. The Morgan fingerprint density at radius 2 is 2.27 bits per heavy atom. The maximum Gasteiger partial charge on any atom is 0.261 e. The molecular formula is C6H10NO3P. The highest BCUT2D eigenvalue weighted by Gasteiger charge is 2.46. The van der Waals surface area contributed by atoms with E-state index in [2.05, 4.69) is 0 Å². The van der Waals surface area contributed by atoms with Crippen molar-refractivity contribution in [3.63, 3.8) is 0 Å². The largest absolute Gasteiger partial charge is 0.350 e. The van der Waals surface area contributed by atoms with Crippen LogP contribution in [0, 0.1) is 0 Å². The molecule has 11 heavy (non-hydrogen) atoms. The van der Waals surface area contributed by atoms with Gasteiger partial charge in [-0.25, -0.2) is 0 Å². The number of nitrogens with zero attached hydrogens (tertiary/aromatic N) is 1. The molecule has 2 amide bonds. The number of hydrogen-bond donors (Lipinski definition) is 0. The van der Waals surface area contributed by atoms with Gasteiger partial charge in [-0.3, -0.25) is 14.5 Å². The molecule has 1 fully saturated rings. The van der Waals surface area contributed by atoms with Crippen LogP contribution in [-0.4, -0.2) is 28.9 Å². The lowest BCUT2D eigenvalue weighted by Gasteiger charge is -2.41. The highest BCUT2D eigenvalue weighted by atomic mass is 31.0. The Hall–Kier alpha value is -0.470. The van der Waals surface area contributed by atoms with Crippen molar-refractivity contribution >= 4 is 21.3 Å². The van der Waals surface area contributed by atoms with Gasteiger partial charge in [0.25, 0.3) is 5.91 Å². The highest BCUT2D eigenvalue weighted by molar-refractivity contribution is 7.09. The van der Waals surface area contributed by atoms with Crippen LogP contribution in [0.3, 0.4) is 0 Å². The number of likely N-dealkylation sites (tertiary alicyclic amines) is 1. The van der Waals surface area contributed by atoms with Crippen LogP contribution in [0.2, 0.25) is 0 Å². The molecule has 3 atom stereocenters. The fourth-order valence-corrected chi connectivity index (χ4v) is 1.56. The second-order valence-electron chi connectivity index (χ2n) is 2.52. The van der Waals surface area contributed by atoms with E-state index in [4.69, 9.17) is 4.52 Å². The Balaban J connectivity index is 2.64. The number of carbonyl (C=O) groups excluding carboxylic acids is 2. The summed E-state index contributed by atoms with van der Waals surface area (Å²) in [5.41, 5.74) is 0. The SMILES string of the molecule is CC(=O)N1C(=O)C(OP)[C@@H]1C. The highest BCUT2D eigenvalue weighted by Crippen LogP contribution is 2.24. The van der Waals surface area contributed by atoms with Gasteiger partial charge in [0.1, 0.15) is 0 Å². The Morgan fingerprint density at radius 1 is 1.73 bits per heavy atom. The molecular weight excluding hydrogens is 165 g/mol. The Labute approximate surface area is 67.2 Å². The van der Waals surface area contributed by atoms with Crippen molar-refractivity contribution in [2.24, 2.45) is 0 Å². The zero-order valence-corrected chi connectivity index (χ0v) is 7.56. The van der Waals surface area contributed by atoms with Gasteiger partial charge in [0.15, 0.2) is 6.10 Å². The Kier molecular flexibility index (Phi) is 2.25. The molecule has 5 heteroatoms. The summed E-state index contributed by atoms with van der Waals surface area (Å²) < 4.78 is 4.76. The summed E-state index contributed by atoms with van der Waals surface area (Å²) in [6.45, 7) is 3.14. The standard InChI is InChI=1S/C6H10NO3P/c1-3-5(10-11)6(9)7(3)4(2)8/h3,5H,11H2,1-2H3/t3-,5?/m0/s1. The number of rotatable bonds is 1. The van der Waals surface area contributed by atoms with Gasteiger partial charge in [-0.05, 0) is 6.92 Å². The lowest BCUT2D eigenvalue weighted by Crippen LogP contribution is -2.64. The van der Waals surface area contributed by atoms with Crippen molar-refractivity contribution in [1.82, 2.24) is 4.90 Å². The summed E-state index contributed by atoms with van der Waals surface area (Å²) in [7, 11) is 2.03. The first kappa shape index (κ1) is 8.62. The first-order valence-electron chi connectivity index (χ1n) is 3.28. The van der Waals surface area contributed by atoms with Gasteiger partial charge in [-0.2, -0.15) is 0 Å². The third-order valence-corrected chi connectivity index (χ3v) is 2.11. The van der Waals surface area contributed by atoms with Crippen LogP contribution in [0.5, 0.6) is 0 Å². The second kappa shape index (κ2) is 2.88. The molecule has 0 aliphatic carbocycles. The third kappa shape index (κ3) is 1.17. The fraction of sp³-hybridized carbons (Fsp3) is 0.667. The predicted octanol–water partition coefficient (Wildman–Crippen LogP) is -0.0611. The molecule has 1 aliphatic rings. The zero-order valence-electron chi connectivity index (χ0n) is 6.40. The molecule has 1 heterocycles. The maximum absolute atomic E-state index is 11.0. The molecule has 0 aromatic carbocycles. The minimum Gasteiger partial charge on any atom is -0.350 e. The third-order valence-electron chi connectivity index (χ3n) is 1.81. The van der Waals surface area contributed by atoms with Crippen LogP contribution >= 0.6 is 9.47 Å². The lowest BCUT2D eigenvalue weighted by molar-refractivity contribution is -0.168. The molecule has 1 aliphatic heterocycles. The predicted molar refractivity (Wildman–Crippen MR) is 41.6 cm³/mol. The molecule has 62 valence electrons. The van der Waals surface area contributed by atoms with Crippen LogP contribution in [-0.2, 0) is 14.1 Å². The molecule has 2 unspecified atom stereocenters. The van der Waals surface area contributed by atoms with Gasteiger partial charge in [-0.1, -0.05) is 0 Å². The quantitative estimate of drug-likeness (QED) is 0.414. The van der Waals surface area contributed by atoms with Crippen LogP contribution in [0.15, 0.2) is 0 Å². The van der Waals surface area contributed by atoms with Gasteiger partial charge in [0, 0.05) is 16.4 Å². The monoisotopic (exact) mass is 175 g/mol. The maximum atomic E-state index is 11.0. The van der Waals surface area contributed by atoms with Gasteiger partial charge in [-0.15, -0.1) is 0 Å². The minimum absolute atomic E-state index is 0.127. The van der Waals surface area contributed by atoms with E-state index in [1.165, 1.54) is 11.8 Å². The van der Waals surface area contributed by atoms with E-state index >= 15 is 0 Å². The summed E-state index contributed by atoms with van der Waals surface area (Å²) >= 11 is 0. The molecule has 0 radical (unpaired) electrons. The minimum atomic E-state index is -0.455. The zero-order chi connectivity index (χ0) is 8.59. The summed E-state index contributed by atoms with van der Waals surface area (Å²) in [6, 6.07) is -0.127.